The summed E-state index contributed by atoms with van der Waals surface area (Å²) < 4.78 is 5.61. The molecule has 3 rings (SSSR count). The van der Waals surface area contributed by atoms with E-state index in [0.717, 1.165) is 24.3 Å². The Bertz CT molecular complexity index is 554. The number of amides is 1. The molecule has 1 aromatic carbocycles. The first kappa shape index (κ1) is 13.3. The van der Waals surface area contributed by atoms with Crippen molar-refractivity contribution in [2.45, 2.75) is 18.4 Å². The van der Waals surface area contributed by atoms with Gasteiger partial charge >= 0.3 is 12.1 Å². The number of aromatic carboxylic acids is 1. The van der Waals surface area contributed by atoms with Crippen LogP contribution in [0.4, 0.5) is 10.5 Å². The van der Waals surface area contributed by atoms with Crippen LogP contribution in [-0.2, 0) is 4.74 Å². The Morgan fingerprint density at radius 3 is 2.80 bits per heavy atom. The Labute approximate surface area is 120 Å². The van der Waals surface area contributed by atoms with Gasteiger partial charge in [-0.25, -0.2) is 9.59 Å². The molecule has 106 valence electrons. The molecule has 1 unspecified atom stereocenters. The van der Waals surface area contributed by atoms with E-state index in [1.807, 2.05) is 0 Å². The molecule has 0 radical (unpaired) electrons. The van der Waals surface area contributed by atoms with Crippen molar-refractivity contribution in [1.82, 2.24) is 0 Å². The number of hydrogen-bond donors (Lipinski definition) is 1. The Kier molecular flexibility index (Phi) is 3.33. The Hall–Kier alpha value is -1.69. The molecular weight excluding hydrogens is 278 g/mol. The molecule has 5 nitrogen and oxygen atoms in total. The first-order chi connectivity index (χ1) is 9.61. The predicted octanol–water partition coefficient (Wildman–Crippen LogP) is 2.61. The fraction of sp³-hybridized carbons (Fsp3) is 0.429. The molecule has 20 heavy (non-hydrogen) atoms. The molecule has 1 N–H and O–H groups in total. The molecule has 2 fully saturated rings. The lowest BCUT2D eigenvalue weighted by Crippen LogP contribution is -2.50. The quantitative estimate of drug-likeness (QED) is 0.908. The maximum atomic E-state index is 12.2. The van der Waals surface area contributed by atoms with Crippen LogP contribution in [0.15, 0.2) is 24.3 Å². The Morgan fingerprint density at radius 1 is 1.35 bits per heavy atom. The minimum Gasteiger partial charge on any atom is -0.478 e. The van der Waals surface area contributed by atoms with Gasteiger partial charge in [0.15, 0.2) is 0 Å². The highest BCUT2D eigenvalue weighted by Crippen LogP contribution is 2.38. The third-order valence-corrected chi connectivity index (χ3v) is 5.03. The van der Waals surface area contributed by atoms with Crippen LogP contribution in [0.1, 0.15) is 23.2 Å². The number of benzene rings is 1. The number of anilines is 1. The van der Waals surface area contributed by atoms with E-state index in [4.69, 9.17) is 4.74 Å². The number of carboxylic acids is 1. The maximum absolute atomic E-state index is 12.2. The van der Waals surface area contributed by atoms with Crippen LogP contribution in [0.3, 0.4) is 0 Å². The smallest absolute Gasteiger partial charge is 0.414 e. The number of carbonyl (C=O) groups excluding carboxylic acids is 1. The average molecular weight is 293 g/mol. The molecule has 1 aromatic rings. The van der Waals surface area contributed by atoms with Gasteiger partial charge < -0.3 is 9.84 Å². The van der Waals surface area contributed by atoms with Crippen LogP contribution in [0.25, 0.3) is 0 Å². The summed E-state index contributed by atoms with van der Waals surface area (Å²) in [5.74, 6) is 0.816. The number of carboxylic acid groups (broad SMARTS) is 1. The van der Waals surface area contributed by atoms with E-state index in [9.17, 15) is 14.7 Å². The molecule has 2 saturated heterocycles. The number of carbonyl (C=O) groups is 2. The first-order valence-electron chi connectivity index (χ1n) is 6.52. The van der Waals surface area contributed by atoms with Gasteiger partial charge in [0.05, 0.1) is 11.3 Å². The number of thioether (sulfide) groups is 1. The van der Waals surface area contributed by atoms with Gasteiger partial charge in [-0.1, -0.05) is 12.1 Å². The Morgan fingerprint density at radius 2 is 2.15 bits per heavy atom. The highest BCUT2D eigenvalue weighted by molar-refractivity contribution is 7.99. The number of rotatable bonds is 2. The highest BCUT2D eigenvalue weighted by Gasteiger charge is 2.44. The SMILES string of the molecule is O=C(O)c1ccccc1N1CCC2(CCSC2)OC1=O. The third kappa shape index (κ3) is 2.24. The van der Waals surface area contributed by atoms with E-state index in [0.29, 0.717) is 12.2 Å². The minimum atomic E-state index is -1.04. The van der Waals surface area contributed by atoms with Crippen LogP contribution < -0.4 is 4.90 Å². The zero-order chi connectivity index (χ0) is 14.2. The zero-order valence-corrected chi connectivity index (χ0v) is 11.7. The standard InChI is InChI=1S/C14H15NO4S/c16-12(17)10-3-1-2-4-11(10)15-7-5-14(19-13(15)18)6-8-20-9-14/h1-4H,5-9H2,(H,16,17). The van der Waals surface area contributed by atoms with Crippen molar-refractivity contribution in [2.75, 3.05) is 23.0 Å². The van der Waals surface area contributed by atoms with Crippen molar-refractivity contribution in [3.05, 3.63) is 29.8 Å². The summed E-state index contributed by atoms with van der Waals surface area (Å²) >= 11 is 1.80. The number of ether oxygens (including phenoxy) is 1. The van der Waals surface area contributed by atoms with Crippen molar-refractivity contribution in [3.63, 3.8) is 0 Å². The highest BCUT2D eigenvalue weighted by atomic mass is 32.2. The van der Waals surface area contributed by atoms with E-state index in [-0.39, 0.29) is 11.2 Å². The molecule has 0 bridgehead atoms. The fourth-order valence-electron chi connectivity index (χ4n) is 2.67. The van der Waals surface area contributed by atoms with Crippen LogP contribution in [-0.4, -0.2) is 40.8 Å². The van der Waals surface area contributed by atoms with E-state index in [2.05, 4.69) is 0 Å². The molecule has 1 amide bonds. The second kappa shape index (κ2) is 5.01. The summed E-state index contributed by atoms with van der Waals surface area (Å²) in [5.41, 5.74) is 0.197. The van der Waals surface area contributed by atoms with Gasteiger partial charge in [0, 0.05) is 18.7 Å². The van der Waals surface area contributed by atoms with Gasteiger partial charge in [-0.2, -0.15) is 11.8 Å². The van der Waals surface area contributed by atoms with Crippen molar-refractivity contribution in [3.8, 4) is 0 Å². The minimum absolute atomic E-state index is 0.126. The van der Waals surface area contributed by atoms with Crippen LogP contribution >= 0.6 is 11.8 Å². The molecule has 0 saturated carbocycles. The van der Waals surface area contributed by atoms with Gasteiger partial charge in [0.1, 0.15) is 5.60 Å². The van der Waals surface area contributed by atoms with E-state index >= 15 is 0 Å². The lowest BCUT2D eigenvalue weighted by molar-refractivity contribution is 0.0153. The largest absolute Gasteiger partial charge is 0.478 e. The maximum Gasteiger partial charge on any atom is 0.414 e. The van der Waals surface area contributed by atoms with E-state index in [1.165, 1.54) is 11.0 Å². The molecular formula is C14H15NO4S. The second-order valence-corrected chi connectivity index (χ2v) is 6.18. The monoisotopic (exact) mass is 293 g/mol. The van der Waals surface area contributed by atoms with Crippen LogP contribution in [0, 0.1) is 0 Å². The summed E-state index contributed by atoms with van der Waals surface area (Å²) in [4.78, 5) is 24.9. The number of hydrogen-bond acceptors (Lipinski definition) is 4. The zero-order valence-electron chi connectivity index (χ0n) is 10.9. The van der Waals surface area contributed by atoms with Gasteiger partial charge in [-0.15, -0.1) is 0 Å². The van der Waals surface area contributed by atoms with Gasteiger partial charge in [-0.3, -0.25) is 4.90 Å². The third-order valence-electron chi connectivity index (χ3n) is 3.81. The van der Waals surface area contributed by atoms with Gasteiger partial charge in [-0.05, 0) is 24.3 Å². The summed E-state index contributed by atoms with van der Waals surface area (Å²) in [6.45, 7) is 0.504. The molecule has 6 heteroatoms. The summed E-state index contributed by atoms with van der Waals surface area (Å²) in [5, 5.41) is 9.21. The lowest BCUT2D eigenvalue weighted by Gasteiger charge is -2.38. The lowest BCUT2D eigenvalue weighted by atomic mass is 9.97. The van der Waals surface area contributed by atoms with Crippen LogP contribution in [0.5, 0.6) is 0 Å². The number of para-hydroxylation sites is 1. The molecule has 1 atom stereocenters. The molecule has 0 aromatic heterocycles. The van der Waals surface area contributed by atoms with E-state index < -0.39 is 12.1 Å². The summed E-state index contributed by atoms with van der Waals surface area (Å²) in [7, 11) is 0. The average Bonchev–Trinajstić information content (AvgIpc) is 2.87. The van der Waals surface area contributed by atoms with Gasteiger partial charge in [0.25, 0.3) is 0 Å². The topological polar surface area (TPSA) is 66.8 Å². The van der Waals surface area contributed by atoms with E-state index in [1.54, 1.807) is 30.0 Å². The van der Waals surface area contributed by atoms with Gasteiger partial charge in [0.2, 0.25) is 0 Å². The first-order valence-corrected chi connectivity index (χ1v) is 7.67. The normalized spacial score (nSPS) is 25.8. The molecule has 2 heterocycles. The van der Waals surface area contributed by atoms with Crippen molar-refractivity contribution < 1.29 is 19.4 Å². The summed E-state index contributed by atoms with van der Waals surface area (Å²) in [6, 6.07) is 6.52. The molecule has 2 aliphatic heterocycles. The van der Waals surface area contributed by atoms with Crippen LogP contribution in [0.2, 0.25) is 0 Å². The fourth-order valence-corrected chi connectivity index (χ4v) is 4.05. The van der Waals surface area contributed by atoms with Crippen molar-refractivity contribution in [1.29, 1.82) is 0 Å². The summed E-state index contributed by atoms with van der Waals surface area (Å²) in [6.07, 6.45) is 1.20. The molecule has 2 aliphatic rings. The van der Waals surface area contributed by atoms with Crippen molar-refractivity contribution >= 4 is 29.5 Å². The second-order valence-electron chi connectivity index (χ2n) is 5.08. The molecule has 0 aliphatic carbocycles. The predicted molar refractivity (Wildman–Crippen MR) is 76.5 cm³/mol. The number of nitrogens with zero attached hydrogens (tertiary/aromatic N) is 1. The van der Waals surface area contributed by atoms with Crippen molar-refractivity contribution in [2.24, 2.45) is 0 Å². The molecule has 1 spiro atoms. The Balaban J connectivity index is 1.86.